The zero-order valence-corrected chi connectivity index (χ0v) is 39.0. The molecule has 4 heteroatoms. The topological polar surface area (TPSA) is 42.5 Å². The number of allylic oxidation sites excluding steroid dienone is 2. The third-order valence-electron chi connectivity index (χ3n) is 20.5. The summed E-state index contributed by atoms with van der Waals surface area (Å²) in [6.07, 6.45) is 29.9. The van der Waals surface area contributed by atoms with Gasteiger partial charge in [0.25, 0.3) is 0 Å². The molecule has 12 atom stereocenters. The van der Waals surface area contributed by atoms with Gasteiger partial charge in [0.2, 0.25) is 0 Å². The van der Waals surface area contributed by atoms with E-state index < -0.39 is 0 Å². The maximum absolute atomic E-state index is 7.37. The fourth-order valence-corrected chi connectivity index (χ4v) is 17.3. The summed E-state index contributed by atoms with van der Waals surface area (Å²) in [5.74, 6) is 2.48. The molecule has 64 heavy (non-hydrogen) atoms. The normalized spacial score (nSPS) is 42.1. The zero-order chi connectivity index (χ0) is 43.1. The Morgan fingerprint density at radius 2 is 0.938 bits per heavy atom. The van der Waals surface area contributed by atoms with Gasteiger partial charge in [-0.25, -0.2) is 0 Å². The van der Waals surface area contributed by atoms with Gasteiger partial charge in [0, 0.05) is 12.1 Å². The van der Waals surface area contributed by atoms with Crippen LogP contribution in [0.5, 0.6) is 0 Å². The molecule has 4 aromatic rings. The van der Waals surface area contributed by atoms with Gasteiger partial charge in [0.05, 0.1) is 22.4 Å². The van der Waals surface area contributed by atoms with Crippen molar-refractivity contribution in [1.29, 1.82) is 0 Å². The van der Waals surface area contributed by atoms with E-state index in [9.17, 15) is 0 Å². The van der Waals surface area contributed by atoms with Gasteiger partial charge in [-0.2, -0.15) is 0 Å². The first-order valence-electron chi connectivity index (χ1n) is 25.7. The molecule has 10 aliphatic rings. The summed E-state index contributed by atoms with van der Waals surface area (Å²) in [6.45, 7) is 5.16. The number of hydrogen-bond donors (Lipinski definition) is 2. The Balaban J connectivity index is 0.000000129. The molecule has 4 heterocycles. The van der Waals surface area contributed by atoms with Crippen LogP contribution in [0.2, 0.25) is 0 Å². The summed E-state index contributed by atoms with van der Waals surface area (Å²) >= 11 is 0. The maximum atomic E-state index is 7.37. The minimum Gasteiger partial charge on any atom is -0.359 e. The molecule has 4 bridgehead atoms. The largest absolute Gasteiger partial charge is 0.359 e. The van der Waals surface area contributed by atoms with Gasteiger partial charge < -0.3 is 20.1 Å². The average Bonchev–Trinajstić information content (AvgIpc) is 4.06. The lowest BCUT2D eigenvalue weighted by molar-refractivity contribution is -0.136. The highest BCUT2D eigenvalue weighted by molar-refractivity contribution is 5.84. The van der Waals surface area contributed by atoms with Crippen LogP contribution in [0, 0.1) is 22.7 Å². The van der Waals surface area contributed by atoms with E-state index >= 15 is 0 Å². The number of benzene rings is 4. The second kappa shape index (κ2) is 14.4. The fraction of sp³-hybridized carbons (Fsp3) is 0.533. The summed E-state index contributed by atoms with van der Waals surface area (Å²) in [6, 6.07) is 33.2. The van der Waals surface area contributed by atoms with E-state index in [1.165, 1.54) is 134 Å². The number of nitrogens with one attached hydrogen (secondary N) is 2. The predicted molar refractivity (Wildman–Crippen MR) is 262 cm³/mol. The van der Waals surface area contributed by atoms with Gasteiger partial charge in [-0.05, 0) is 206 Å². The molecule has 4 saturated carbocycles. The maximum Gasteiger partial charge on any atom is 0.0974 e. The van der Waals surface area contributed by atoms with Crippen LogP contribution < -0.4 is 10.6 Å². The van der Waals surface area contributed by atoms with E-state index in [0.717, 1.165) is 12.8 Å². The van der Waals surface area contributed by atoms with Crippen LogP contribution in [0.3, 0.4) is 0 Å². The number of fused-ring (bicyclic) bond motifs is 4. The molecule has 6 fully saturated rings. The minimum atomic E-state index is -0.0439. The van der Waals surface area contributed by atoms with Crippen molar-refractivity contribution in [3.05, 3.63) is 143 Å². The van der Waals surface area contributed by atoms with Crippen LogP contribution in [-0.2, 0) is 9.47 Å². The Morgan fingerprint density at radius 1 is 0.500 bits per heavy atom. The van der Waals surface area contributed by atoms with E-state index in [-0.39, 0.29) is 33.2 Å². The first-order chi connectivity index (χ1) is 31.1. The smallest absolute Gasteiger partial charge is 0.0974 e. The molecule has 4 aliphatic heterocycles. The highest BCUT2D eigenvalue weighted by Gasteiger charge is 2.68. The Kier molecular flexibility index (Phi) is 9.08. The summed E-state index contributed by atoms with van der Waals surface area (Å²) < 4.78 is 14.7. The summed E-state index contributed by atoms with van der Waals surface area (Å²) in [5.41, 5.74) is 9.80. The lowest BCUT2D eigenvalue weighted by atomic mass is 9.58. The van der Waals surface area contributed by atoms with Crippen molar-refractivity contribution >= 4 is 21.5 Å². The summed E-state index contributed by atoms with van der Waals surface area (Å²) in [5, 5.41) is 12.6. The Hall–Kier alpha value is -3.80. The molecule has 4 nitrogen and oxygen atoms in total. The molecule has 332 valence electrons. The van der Waals surface area contributed by atoms with Gasteiger partial charge in [-0.3, -0.25) is 0 Å². The molecule has 2 N–H and O–H groups in total. The second-order valence-corrected chi connectivity index (χ2v) is 23.1. The zero-order valence-electron chi connectivity index (χ0n) is 39.0. The third kappa shape index (κ3) is 5.61. The molecule has 6 aliphatic carbocycles. The molecule has 0 aromatic heterocycles. The lowest BCUT2D eigenvalue weighted by Gasteiger charge is -2.54. The van der Waals surface area contributed by atoms with E-state index in [0.29, 0.717) is 35.8 Å². The van der Waals surface area contributed by atoms with E-state index in [4.69, 9.17) is 9.47 Å². The van der Waals surface area contributed by atoms with E-state index in [2.05, 4.69) is 148 Å². The lowest BCUT2D eigenvalue weighted by Crippen LogP contribution is -2.54. The quantitative estimate of drug-likeness (QED) is 0.215. The fourth-order valence-electron chi connectivity index (χ4n) is 17.3. The van der Waals surface area contributed by atoms with Crippen molar-refractivity contribution in [3.63, 3.8) is 0 Å². The van der Waals surface area contributed by atoms with Crippen molar-refractivity contribution in [2.45, 2.75) is 163 Å². The highest BCUT2D eigenvalue weighted by atomic mass is 16.5. The number of rotatable bonds is 4. The molecule has 0 amide bonds. The second-order valence-electron chi connectivity index (χ2n) is 23.1. The summed E-state index contributed by atoms with van der Waals surface area (Å²) in [7, 11) is 4.25. The van der Waals surface area contributed by atoms with Crippen LogP contribution in [-0.4, -0.2) is 48.6 Å². The van der Waals surface area contributed by atoms with E-state index in [1.54, 1.807) is 11.1 Å². The van der Waals surface area contributed by atoms with Gasteiger partial charge in [-0.15, -0.1) is 0 Å². The van der Waals surface area contributed by atoms with Gasteiger partial charge in [0.1, 0.15) is 0 Å². The Labute approximate surface area is 382 Å². The molecular weight excluding hydrogens is 781 g/mol. The predicted octanol–water partition coefficient (Wildman–Crippen LogP) is 13.3. The molecule has 0 unspecified atom stereocenters. The highest BCUT2D eigenvalue weighted by Crippen LogP contribution is 2.71. The number of hydrogen-bond acceptors (Lipinski definition) is 4. The van der Waals surface area contributed by atoms with E-state index in [1.807, 2.05) is 0 Å². The van der Waals surface area contributed by atoms with Crippen molar-refractivity contribution in [3.8, 4) is 0 Å². The van der Waals surface area contributed by atoms with Crippen molar-refractivity contribution in [2.24, 2.45) is 22.7 Å². The molecule has 2 saturated heterocycles. The molecule has 14 rings (SSSR count). The van der Waals surface area contributed by atoms with Crippen LogP contribution in [0.1, 0.15) is 140 Å². The molecule has 4 aromatic carbocycles. The van der Waals surface area contributed by atoms with Gasteiger partial charge >= 0.3 is 0 Å². The minimum absolute atomic E-state index is 0.00253. The molecule has 0 radical (unpaired) electrons. The van der Waals surface area contributed by atoms with Crippen LogP contribution in [0.25, 0.3) is 21.5 Å². The van der Waals surface area contributed by atoms with Crippen LogP contribution in [0.4, 0.5) is 0 Å². The Morgan fingerprint density at radius 3 is 1.38 bits per heavy atom. The van der Waals surface area contributed by atoms with Crippen molar-refractivity contribution in [1.82, 2.24) is 10.6 Å². The Bertz CT molecular complexity index is 2510. The van der Waals surface area contributed by atoms with Crippen molar-refractivity contribution in [2.75, 3.05) is 14.1 Å². The molecule has 4 spiro atoms. The van der Waals surface area contributed by atoms with Gasteiger partial charge in [-0.1, -0.05) is 123 Å². The van der Waals surface area contributed by atoms with Crippen LogP contribution in [0.15, 0.2) is 132 Å². The summed E-state index contributed by atoms with van der Waals surface area (Å²) in [4.78, 5) is 0. The van der Waals surface area contributed by atoms with Crippen LogP contribution >= 0.6 is 0 Å². The van der Waals surface area contributed by atoms with Gasteiger partial charge in [0.15, 0.2) is 0 Å². The third-order valence-corrected chi connectivity index (χ3v) is 20.5. The first kappa shape index (κ1) is 40.5. The van der Waals surface area contributed by atoms with Crippen molar-refractivity contribution < 1.29 is 9.47 Å². The SMILES string of the molecule is CN[C@@H]1CCC2=CC3=CC[C@]4(C)[C@@H](c5ccc6ccccc6c5)CC[C@H]4[C@@]34CC[C@]2(C1)O4.CN[C@H]1CCC2=CC3=CC[C@]4(C)[C@@H](c5ccc6ccccc6c5)CC[C@H]4[C@@]34CC[C@]2(C1)O4. The monoisotopic (exact) mass is 851 g/mol. The average molecular weight is 851 g/mol. The number of ether oxygens (including phenoxy) is 2. The molecular formula is C60H70N2O2. The first-order valence-corrected chi connectivity index (χ1v) is 25.7. The standard InChI is InChI=1S/2C30H35NO/c2*1-28-14-13-24-18-23-9-10-25(31-2)19-29(23)15-16-30(24,32-29)27(28)12-11-26(28)22-8-7-20-5-3-4-6-21(20)17-22/h2*3-8,13,17-18,25-27,31H,9-12,14-16,19H2,1-2H3/t25-,26+,27+,28+,29+,30+;25-,26-,27-,28-,29-,30-/m01/s1.